The highest BCUT2D eigenvalue weighted by Crippen LogP contribution is 2.17. The summed E-state index contributed by atoms with van der Waals surface area (Å²) >= 11 is 0. The first kappa shape index (κ1) is 10.4. The van der Waals surface area contributed by atoms with Crippen molar-refractivity contribution in [3.8, 4) is 0 Å². The Morgan fingerprint density at radius 3 is 2.79 bits per heavy atom. The van der Waals surface area contributed by atoms with Crippen LogP contribution in [0.2, 0.25) is 0 Å². The van der Waals surface area contributed by atoms with E-state index in [1.54, 1.807) is 0 Å². The van der Waals surface area contributed by atoms with Crippen molar-refractivity contribution < 1.29 is 0 Å². The maximum atomic E-state index is 3.60. The lowest BCUT2D eigenvalue weighted by Crippen LogP contribution is -2.57. The van der Waals surface area contributed by atoms with Gasteiger partial charge in [-0.15, -0.1) is 0 Å². The van der Waals surface area contributed by atoms with Gasteiger partial charge in [0.15, 0.2) is 0 Å². The van der Waals surface area contributed by atoms with Gasteiger partial charge in [0, 0.05) is 25.7 Å². The molecule has 2 aliphatic heterocycles. The molecule has 82 valence electrons. The monoisotopic (exact) mass is 197 g/mol. The molecule has 2 unspecified atom stereocenters. The van der Waals surface area contributed by atoms with Gasteiger partial charge in [0.1, 0.15) is 0 Å². The van der Waals surface area contributed by atoms with Crippen LogP contribution in [-0.4, -0.2) is 54.7 Å². The van der Waals surface area contributed by atoms with Gasteiger partial charge in [-0.2, -0.15) is 0 Å². The quantitative estimate of drug-likeness (QED) is 0.704. The number of piperazine rings is 1. The Kier molecular flexibility index (Phi) is 3.42. The number of hydrogen-bond donors (Lipinski definition) is 1. The smallest absolute Gasteiger partial charge is 0.0600 e. The van der Waals surface area contributed by atoms with Gasteiger partial charge in [-0.25, -0.2) is 0 Å². The van der Waals surface area contributed by atoms with E-state index < -0.39 is 0 Å². The molecule has 0 bridgehead atoms. The lowest BCUT2D eigenvalue weighted by atomic mass is 10.1. The van der Waals surface area contributed by atoms with Crippen molar-refractivity contribution in [2.24, 2.45) is 0 Å². The fraction of sp³-hybridized carbons (Fsp3) is 1.00. The Balaban J connectivity index is 1.88. The van der Waals surface area contributed by atoms with E-state index in [0.717, 1.165) is 6.04 Å². The van der Waals surface area contributed by atoms with Crippen LogP contribution in [0.5, 0.6) is 0 Å². The number of likely N-dealkylation sites (N-methyl/N-ethyl adjacent to an activating group) is 1. The molecule has 0 aliphatic carbocycles. The standard InChI is InChI=1S/C11H23N3/c1-3-13-7-8-14(10(2)9-13)11-5-4-6-12-11/h10-12H,3-9H2,1-2H3. The van der Waals surface area contributed by atoms with Gasteiger partial charge in [0.2, 0.25) is 0 Å². The van der Waals surface area contributed by atoms with Gasteiger partial charge in [0.05, 0.1) is 6.17 Å². The zero-order valence-electron chi connectivity index (χ0n) is 9.50. The van der Waals surface area contributed by atoms with Crippen LogP contribution in [-0.2, 0) is 0 Å². The maximum Gasteiger partial charge on any atom is 0.0600 e. The molecule has 3 heteroatoms. The molecule has 14 heavy (non-hydrogen) atoms. The molecule has 0 aromatic carbocycles. The summed E-state index contributed by atoms with van der Waals surface area (Å²) in [6, 6.07) is 0.722. The van der Waals surface area contributed by atoms with E-state index in [1.165, 1.54) is 45.6 Å². The minimum atomic E-state index is 0.670. The molecule has 2 fully saturated rings. The number of hydrogen-bond acceptors (Lipinski definition) is 3. The molecule has 2 aliphatic rings. The van der Waals surface area contributed by atoms with E-state index in [0.29, 0.717) is 6.17 Å². The molecule has 0 aromatic rings. The van der Waals surface area contributed by atoms with Crippen LogP contribution in [0.15, 0.2) is 0 Å². The van der Waals surface area contributed by atoms with Crippen LogP contribution in [0.4, 0.5) is 0 Å². The van der Waals surface area contributed by atoms with Gasteiger partial charge in [-0.1, -0.05) is 6.92 Å². The van der Waals surface area contributed by atoms with Crippen LogP contribution in [0.25, 0.3) is 0 Å². The molecule has 2 atom stereocenters. The topological polar surface area (TPSA) is 18.5 Å². The predicted octanol–water partition coefficient (Wildman–Crippen LogP) is 0.722. The molecule has 0 saturated carbocycles. The molecule has 0 radical (unpaired) electrons. The Morgan fingerprint density at radius 1 is 1.36 bits per heavy atom. The van der Waals surface area contributed by atoms with Crippen molar-refractivity contribution in [1.29, 1.82) is 0 Å². The highest BCUT2D eigenvalue weighted by molar-refractivity contribution is 4.85. The maximum absolute atomic E-state index is 3.60. The normalized spacial score (nSPS) is 36.4. The molecule has 2 heterocycles. The Bertz CT molecular complexity index is 177. The molecule has 0 aromatic heterocycles. The fourth-order valence-electron chi connectivity index (χ4n) is 2.75. The zero-order chi connectivity index (χ0) is 9.97. The van der Waals surface area contributed by atoms with E-state index in [2.05, 4.69) is 29.0 Å². The highest BCUT2D eigenvalue weighted by Gasteiger charge is 2.29. The van der Waals surface area contributed by atoms with Crippen LogP contribution < -0.4 is 5.32 Å². The summed E-state index contributed by atoms with van der Waals surface area (Å²) in [4.78, 5) is 5.20. The van der Waals surface area contributed by atoms with Gasteiger partial charge in [-0.3, -0.25) is 4.90 Å². The van der Waals surface area contributed by atoms with Crippen LogP contribution in [0.3, 0.4) is 0 Å². The summed E-state index contributed by atoms with van der Waals surface area (Å²) in [5, 5.41) is 3.60. The van der Waals surface area contributed by atoms with Crippen molar-refractivity contribution in [1.82, 2.24) is 15.1 Å². The number of nitrogens with zero attached hydrogens (tertiary/aromatic N) is 2. The highest BCUT2D eigenvalue weighted by atomic mass is 15.4. The molecular formula is C11H23N3. The van der Waals surface area contributed by atoms with Gasteiger partial charge in [-0.05, 0) is 32.9 Å². The van der Waals surface area contributed by atoms with Crippen LogP contribution in [0, 0.1) is 0 Å². The van der Waals surface area contributed by atoms with E-state index in [1.807, 2.05) is 0 Å². The minimum absolute atomic E-state index is 0.670. The molecule has 0 spiro atoms. The SMILES string of the molecule is CCN1CCN(C2CCCN2)C(C)C1. The first-order valence-electron chi connectivity index (χ1n) is 6.02. The third-order valence-corrected chi connectivity index (χ3v) is 3.64. The predicted molar refractivity (Wildman–Crippen MR) is 59.3 cm³/mol. The number of nitrogens with one attached hydrogen (secondary N) is 1. The lowest BCUT2D eigenvalue weighted by molar-refractivity contribution is 0.0459. The Labute approximate surface area is 87.4 Å². The summed E-state index contributed by atoms with van der Waals surface area (Å²) in [5.74, 6) is 0. The molecule has 0 amide bonds. The van der Waals surface area contributed by atoms with E-state index >= 15 is 0 Å². The van der Waals surface area contributed by atoms with Gasteiger partial charge in [0.25, 0.3) is 0 Å². The number of rotatable bonds is 2. The Hall–Kier alpha value is -0.120. The lowest BCUT2D eigenvalue weighted by Gasteiger charge is -2.42. The molecular weight excluding hydrogens is 174 g/mol. The van der Waals surface area contributed by atoms with E-state index in [4.69, 9.17) is 0 Å². The molecule has 1 N–H and O–H groups in total. The van der Waals surface area contributed by atoms with Crippen molar-refractivity contribution in [2.75, 3.05) is 32.7 Å². The van der Waals surface area contributed by atoms with Crippen molar-refractivity contribution in [3.05, 3.63) is 0 Å². The fourth-order valence-corrected chi connectivity index (χ4v) is 2.75. The largest absolute Gasteiger partial charge is 0.302 e. The summed E-state index contributed by atoms with van der Waals surface area (Å²) < 4.78 is 0. The van der Waals surface area contributed by atoms with Gasteiger partial charge < -0.3 is 10.2 Å². The third-order valence-electron chi connectivity index (χ3n) is 3.64. The Morgan fingerprint density at radius 2 is 2.21 bits per heavy atom. The van der Waals surface area contributed by atoms with E-state index in [-0.39, 0.29) is 0 Å². The molecule has 2 saturated heterocycles. The van der Waals surface area contributed by atoms with Crippen molar-refractivity contribution in [2.45, 2.75) is 38.9 Å². The van der Waals surface area contributed by atoms with E-state index in [9.17, 15) is 0 Å². The second-order valence-electron chi connectivity index (χ2n) is 4.59. The first-order valence-corrected chi connectivity index (χ1v) is 6.02. The summed E-state index contributed by atoms with van der Waals surface area (Å²) in [6.07, 6.45) is 3.37. The van der Waals surface area contributed by atoms with Crippen molar-refractivity contribution >= 4 is 0 Å². The first-order chi connectivity index (χ1) is 6.81. The molecule has 3 nitrogen and oxygen atoms in total. The summed E-state index contributed by atoms with van der Waals surface area (Å²) in [5.41, 5.74) is 0. The van der Waals surface area contributed by atoms with Gasteiger partial charge >= 0.3 is 0 Å². The zero-order valence-corrected chi connectivity index (χ0v) is 9.50. The second-order valence-corrected chi connectivity index (χ2v) is 4.59. The second kappa shape index (κ2) is 4.60. The third kappa shape index (κ3) is 2.10. The van der Waals surface area contributed by atoms with Crippen molar-refractivity contribution in [3.63, 3.8) is 0 Å². The summed E-state index contributed by atoms with van der Waals surface area (Å²) in [7, 11) is 0. The molecule has 2 rings (SSSR count). The minimum Gasteiger partial charge on any atom is -0.302 e. The van der Waals surface area contributed by atoms with Crippen LogP contribution in [0.1, 0.15) is 26.7 Å². The average molecular weight is 197 g/mol. The van der Waals surface area contributed by atoms with Crippen LogP contribution >= 0.6 is 0 Å². The summed E-state index contributed by atoms with van der Waals surface area (Å²) in [6.45, 7) is 10.8. The average Bonchev–Trinajstić information content (AvgIpc) is 2.70.